The highest BCUT2D eigenvalue weighted by molar-refractivity contribution is 5.94. The molecule has 1 aliphatic heterocycles. The van der Waals surface area contributed by atoms with Crippen LogP contribution in [0.15, 0.2) is 24.3 Å². The average molecular weight is 280 g/mol. The third kappa shape index (κ3) is 2.45. The molecular weight excluding hydrogens is 263 g/mol. The van der Waals surface area contributed by atoms with Gasteiger partial charge in [0.1, 0.15) is 11.4 Å². The summed E-state index contributed by atoms with van der Waals surface area (Å²) in [6, 6.07) is 5.02. The highest BCUT2D eigenvalue weighted by Crippen LogP contribution is 2.33. The van der Waals surface area contributed by atoms with E-state index in [4.69, 9.17) is 0 Å². The molecule has 1 saturated heterocycles. The SMILES string of the molecule is CCC1(C(=O)O)CCCN1C(=O)Nc1cccc(F)c1. The largest absolute Gasteiger partial charge is 0.479 e. The fourth-order valence-electron chi connectivity index (χ4n) is 2.67. The van der Waals surface area contributed by atoms with Crippen molar-refractivity contribution in [2.45, 2.75) is 31.7 Å². The average Bonchev–Trinajstić information content (AvgIpc) is 2.83. The Morgan fingerprint density at radius 3 is 2.85 bits per heavy atom. The van der Waals surface area contributed by atoms with Crippen LogP contribution in [-0.4, -0.2) is 34.1 Å². The number of urea groups is 1. The molecule has 5 nitrogen and oxygen atoms in total. The van der Waals surface area contributed by atoms with E-state index in [2.05, 4.69) is 5.32 Å². The van der Waals surface area contributed by atoms with Crippen molar-refractivity contribution >= 4 is 17.7 Å². The zero-order valence-corrected chi connectivity index (χ0v) is 11.2. The fourth-order valence-corrected chi connectivity index (χ4v) is 2.67. The van der Waals surface area contributed by atoms with Crippen molar-refractivity contribution in [3.05, 3.63) is 30.1 Å². The lowest BCUT2D eigenvalue weighted by molar-refractivity contribution is -0.148. The maximum absolute atomic E-state index is 13.1. The second-order valence-corrected chi connectivity index (χ2v) is 4.89. The van der Waals surface area contributed by atoms with Crippen molar-refractivity contribution in [2.75, 3.05) is 11.9 Å². The number of carbonyl (C=O) groups is 2. The smallest absolute Gasteiger partial charge is 0.329 e. The summed E-state index contributed by atoms with van der Waals surface area (Å²) in [5.74, 6) is -1.45. The second kappa shape index (κ2) is 5.48. The van der Waals surface area contributed by atoms with Crippen molar-refractivity contribution < 1.29 is 19.1 Å². The molecule has 1 aromatic rings. The van der Waals surface area contributed by atoms with Gasteiger partial charge in [-0.25, -0.2) is 14.0 Å². The summed E-state index contributed by atoms with van der Waals surface area (Å²) in [6.07, 6.45) is 1.44. The molecule has 1 heterocycles. The first-order valence-electron chi connectivity index (χ1n) is 6.57. The molecular formula is C14H17FN2O3. The third-order valence-electron chi connectivity index (χ3n) is 3.79. The molecule has 2 N–H and O–H groups in total. The number of carbonyl (C=O) groups excluding carboxylic acids is 1. The summed E-state index contributed by atoms with van der Waals surface area (Å²) in [5, 5.41) is 12.0. The molecule has 20 heavy (non-hydrogen) atoms. The van der Waals surface area contributed by atoms with Crippen LogP contribution in [0, 0.1) is 5.82 Å². The zero-order valence-electron chi connectivity index (χ0n) is 11.2. The molecule has 108 valence electrons. The van der Waals surface area contributed by atoms with Gasteiger partial charge in [-0.1, -0.05) is 13.0 Å². The number of halogens is 1. The molecule has 1 unspecified atom stereocenters. The van der Waals surface area contributed by atoms with E-state index >= 15 is 0 Å². The van der Waals surface area contributed by atoms with E-state index < -0.39 is 23.4 Å². The summed E-state index contributed by atoms with van der Waals surface area (Å²) in [5.41, 5.74) is -0.838. The number of carboxylic acid groups (broad SMARTS) is 1. The summed E-state index contributed by atoms with van der Waals surface area (Å²) in [6.45, 7) is 2.14. The second-order valence-electron chi connectivity index (χ2n) is 4.89. The minimum Gasteiger partial charge on any atom is -0.479 e. The number of carboxylic acids is 1. The van der Waals surface area contributed by atoms with Gasteiger partial charge in [0.15, 0.2) is 0 Å². The Bertz CT molecular complexity index is 535. The Morgan fingerprint density at radius 1 is 1.50 bits per heavy atom. The quantitative estimate of drug-likeness (QED) is 0.894. The lowest BCUT2D eigenvalue weighted by Gasteiger charge is -2.33. The summed E-state index contributed by atoms with van der Waals surface area (Å²) in [7, 11) is 0. The van der Waals surface area contributed by atoms with Gasteiger partial charge in [-0.3, -0.25) is 0 Å². The molecule has 0 spiro atoms. The molecule has 6 heteroatoms. The summed E-state index contributed by atoms with van der Waals surface area (Å²) >= 11 is 0. The van der Waals surface area contributed by atoms with Gasteiger partial charge in [0.25, 0.3) is 0 Å². The Labute approximate surface area is 116 Å². The Kier molecular flexibility index (Phi) is 3.92. The predicted molar refractivity (Wildman–Crippen MR) is 72.0 cm³/mol. The standard InChI is InChI=1S/C14H17FN2O3/c1-2-14(12(18)19)7-4-8-17(14)13(20)16-11-6-3-5-10(15)9-11/h3,5-6,9H,2,4,7-8H2,1H3,(H,16,20)(H,18,19). The number of hydrogen-bond acceptors (Lipinski definition) is 2. The van der Waals surface area contributed by atoms with Crippen molar-refractivity contribution in [3.8, 4) is 0 Å². The first-order valence-corrected chi connectivity index (χ1v) is 6.57. The van der Waals surface area contributed by atoms with Gasteiger partial charge < -0.3 is 15.3 Å². The lowest BCUT2D eigenvalue weighted by atomic mass is 9.93. The number of nitrogens with one attached hydrogen (secondary N) is 1. The molecule has 1 aliphatic rings. The molecule has 2 amide bonds. The van der Waals surface area contributed by atoms with Crippen LogP contribution in [-0.2, 0) is 4.79 Å². The first-order chi connectivity index (χ1) is 9.49. The number of nitrogens with zero attached hydrogens (tertiary/aromatic N) is 1. The van der Waals surface area contributed by atoms with Crippen LogP contribution in [0.25, 0.3) is 0 Å². The predicted octanol–water partition coefficient (Wildman–Crippen LogP) is 2.69. The van der Waals surface area contributed by atoms with Gasteiger partial charge in [0.2, 0.25) is 0 Å². The van der Waals surface area contributed by atoms with Gasteiger partial charge >= 0.3 is 12.0 Å². The van der Waals surface area contributed by atoms with E-state index in [0.717, 1.165) is 0 Å². The molecule has 1 atom stereocenters. The highest BCUT2D eigenvalue weighted by Gasteiger charge is 2.48. The van der Waals surface area contributed by atoms with E-state index in [0.29, 0.717) is 31.5 Å². The molecule has 0 radical (unpaired) electrons. The molecule has 1 fully saturated rings. The van der Waals surface area contributed by atoms with Gasteiger partial charge in [-0.05, 0) is 37.5 Å². The van der Waals surface area contributed by atoms with E-state index in [1.165, 1.54) is 23.1 Å². The number of aliphatic carboxylic acids is 1. The molecule has 0 aromatic heterocycles. The minimum atomic E-state index is -1.16. The van der Waals surface area contributed by atoms with Crippen LogP contribution in [0.4, 0.5) is 14.9 Å². The van der Waals surface area contributed by atoms with Crippen LogP contribution in [0.3, 0.4) is 0 Å². The maximum Gasteiger partial charge on any atom is 0.329 e. The number of likely N-dealkylation sites (tertiary alicyclic amines) is 1. The third-order valence-corrected chi connectivity index (χ3v) is 3.79. The first kappa shape index (κ1) is 14.3. The van der Waals surface area contributed by atoms with Crippen molar-refractivity contribution in [3.63, 3.8) is 0 Å². The Morgan fingerprint density at radius 2 is 2.25 bits per heavy atom. The van der Waals surface area contributed by atoms with Gasteiger partial charge in [-0.2, -0.15) is 0 Å². The van der Waals surface area contributed by atoms with Crippen LogP contribution in [0.5, 0.6) is 0 Å². The van der Waals surface area contributed by atoms with E-state index in [9.17, 15) is 19.1 Å². The van der Waals surface area contributed by atoms with Crippen molar-refractivity contribution in [1.82, 2.24) is 4.90 Å². The van der Waals surface area contributed by atoms with Gasteiger partial charge in [-0.15, -0.1) is 0 Å². The number of anilines is 1. The van der Waals surface area contributed by atoms with Crippen LogP contribution >= 0.6 is 0 Å². The summed E-state index contributed by atoms with van der Waals surface area (Å²) < 4.78 is 13.1. The van der Waals surface area contributed by atoms with Gasteiger partial charge in [0, 0.05) is 12.2 Å². The van der Waals surface area contributed by atoms with Crippen LogP contribution in [0.1, 0.15) is 26.2 Å². The van der Waals surface area contributed by atoms with E-state index in [1.807, 2.05) is 0 Å². The normalized spacial score (nSPS) is 21.8. The van der Waals surface area contributed by atoms with E-state index in [1.54, 1.807) is 13.0 Å². The number of rotatable bonds is 3. The Hall–Kier alpha value is -2.11. The van der Waals surface area contributed by atoms with Gasteiger partial charge in [0.05, 0.1) is 0 Å². The molecule has 2 rings (SSSR count). The summed E-state index contributed by atoms with van der Waals surface area (Å²) in [4.78, 5) is 25.1. The highest BCUT2D eigenvalue weighted by atomic mass is 19.1. The molecule has 1 aromatic carbocycles. The minimum absolute atomic E-state index is 0.317. The number of benzene rings is 1. The van der Waals surface area contributed by atoms with E-state index in [-0.39, 0.29) is 0 Å². The Balaban J connectivity index is 2.18. The monoisotopic (exact) mass is 280 g/mol. The number of amides is 2. The maximum atomic E-state index is 13.1. The van der Waals surface area contributed by atoms with Crippen LogP contribution in [0.2, 0.25) is 0 Å². The topological polar surface area (TPSA) is 69.6 Å². The van der Waals surface area contributed by atoms with Crippen LogP contribution < -0.4 is 5.32 Å². The number of hydrogen-bond donors (Lipinski definition) is 2. The van der Waals surface area contributed by atoms with Crippen molar-refractivity contribution in [1.29, 1.82) is 0 Å². The van der Waals surface area contributed by atoms with Crippen molar-refractivity contribution in [2.24, 2.45) is 0 Å². The molecule has 0 aliphatic carbocycles. The molecule has 0 bridgehead atoms. The molecule has 0 saturated carbocycles. The fraction of sp³-hybridized carbons (Fsp3) is 0.429. The zero-order chi connectivity index (χ0) is 14.8. The lowest BCUT2D eigenvalue weighted by Crippen LogP contribution is -2.54.